The largest absolute Gasteiger partial charge is 0.425 e. The Bertz CT molecular complexity index is 457. The summed E-state index contributed by atoms with van der Waals surface area (Å²) in [6.45, 7) is 6.09. The van der Waals surface area contributed by atoms with Gasteiger partial charge in [0.15, 0.2) is 0 Å². The number of ether oxygens (including phenoxy) is 1. The van der Waals surface area contributed by atoms with E-state index in [0.717, 1.165) is 30.1 Å². The van der Waals surface area contributed by atoms with Crippen molar-refractivity contribution in [1.82, 2.24) is 9.71 Å². The minimum absolute atomic E-state index is 0.139. The average molecular weight is 238 g/mol. The molecule has 0 aliphatic carbocycles. The van der Waals surface area contributed by atoms with Gasteiger partial charge in [-0.05, 0) is 13.3 Å². The molecular weight excluding hydrogens is 220 g/mol. The minimum Gasteiger partial charge on any atom is -0.425 e. The molecule has 1 aromatic rings. The second-order valence-electron chi connectivity index (χ2n) is 4.24. The number of rotatable bonds is 2. The van der Waals surface area contributed by atoms with Gasteiger partial charge in [0.2, 0.25) is 0 Å². The van der Waals surface area contributed by atoms with Crippen LogP contribution in [0.1, 0.15) is 19.0 Å². The Morgan fingerprint density at radius 1 is 1.65 bits per heavy atom. The molecule has 2 heterocycles. The molecule has 1 atom stereocenters. The lowest BCUT2D eigenvalue weighted by Crippen LogP contribution is -2.43. The van der Waals surface area contributed by atoms with Gasteiger partial charge < -0.3 is 14.8 Å². The van der Waals surface area contributed by atoms with Crippen LogP contribution in [0.5, 0.6) is 0 Å². The van der Waals surface area contributed by atoms with E-state index in [9.17, 15) is 5.21 Å². The third-order valence-corrected chi connectivity index (χ3v) is 3.01. The van der Waals surface area contributed by atoms with Crippen molar-refractivity contribution >= 4 is 5.82 Å². The molecule has 6 nitrogen and oxygen atoms in total. The summed E-state index contributed by atoms with van der Waals surface area (Å²) in [6, 6.07) is 1.79. The van der Waals surface area contributed by atoms with Crippen LogP contribution in [0, 0.1) is 12.3 Å². The quantitative estimate of drug-likeness (QED) is 0.737. The number of aryl methyl sites for hydroxylation is 1. The number of morpholine rings is 1. The van der Waals surface area contributed by atoms with Crippen molar-refractivity contribution in [3.8, 4) is 0 Å². The minimum atomic E-state index is -0.139. The second-order valence-corrected chi connectivity index (χ2v) is 4.24. The number of anilines is 1. The number of hydrogen-bond donors (Lipinski definition) is 2. The Morgan fingerprint density at radius 2 is 2.41 bits per heavy atom. The van der Waals surface area contributed by atoms with Gasteiger partial charge in [-0.3, -0.25) is 5.41 Å². The van der Waals surface area contributed by atoms with Crippen molar-refractivity contribution in [1.29, 1.82) is 5.41 Å². The van der Waals surface area contributed by atoms with Gasteiger partial charge in [-0.15, -0.1) is 0 Å². The normalized spacial score (nSPS) is 20.6. The van der Waals surface area contributed by atoms with Crippen LogP contribution >= 0.6 is 0 Å². The highest BCUT2D eigenvalue weighted by atomic mass is 16.5. The molecule has 1 aliphatic rings. The molecule has 2 N–H and O–H groups in total. The van der Waals surface area contributed by atoms with Crippen LogP contribution in [0.15, 0.2) is 6.07 Å². The molecule has 0 radical (unpaired) electrons. The second kappa shape index (κ2) is 4.75. The highest BCUT2D eigenvalue weighted by molar-refractivity contribution is 5.39. The SMILES string of the molecule is CCC1CN(c2cc(C)n(O)c(=N)n2)CCO1. The first-order chi connectivity index (χ1) is 8.11. The Labute approximate surface area is 99.9 Å². The zero-order valence-corrected chi connectivity index (χ0v) is 10.2. The van der Waals surface area contributed by atoms with E-state index in [1.165, 1.54) is 0 Å². The van der Waals surface area contributed by atoms with E-state index in [-0.39, 0.29) is 11.7 Å². The monoisotopic (exact) mass is 238 g/mol. The van der Waals surface area contributed by atoms with Crippen molar-refractivity contribution in [2.45, 2.75) is 26.4 Å². The molecule has 1 aliphatic heterocycles. The standard InChI is InChI=1S/C11H18N4O2/c1-3-9-7-14(4-5-17-9)10-6-8(2)15(16)11(12)13-10/h6,9,12,16H,3-5,7H2,1-2H3. The molecule has 17 heavy (non-hydrogen) atoms. The lowest BCUT2D eigenvalue weighted by atomic mass is 10.2. The summed E-state index contributed by atoms with van der Waals surface area (Å²) in [4.78, 5) is 6.18. The Balaban J connectivity index is 2.25. The van der Waals surface area contributed by atoms with E-state index in [1.807, 2.05) is 0 Å². The zero-order valence-electron chi connectivity index (χ0n) is 10.2. The fourth-order valence-corrected chi connectivity index (χ4v) is 1.94. The zero-order chi connectivity index (χ0) is 12.4. The molecule has 0 amide bonds. The van der Waals surface area contributed by atoms with Gasteiger partial charge in [-0.2, -0.15) is 9.71 Å². The molecular formula is C11H18N4O2. The van der Waals surface area contributed by atoms with Crippen LogP contribution in [0.25, 0.3) is 0 Å². The molecule has 2 rings (SSSR count). The maximum Gasteiger partial charge on any atom is 0.257 e. The number of aromatic nitrogens is 2. The molecule has 6 heteroatoms. The van der Waals surface area contributed by atoms with E-state index < -0.39 is 0 Å². The number of nitrogens with one attached hydrogen (secondary N) is 1. The van der Waals surface area contributed by atoms with Gasteiger partial charge in [0.1, 0.15) is 5.82 Å². The van der Waals surface area contributed by atoms with Gasteiger partial charge in [0, 0.05) is 19.2 Å². The number of nitrogens with zero attached hydrogens (tertiary/aromatic N) is 3. The van der Waals surface area contributed by atoms with Crippen molar-refractivity contribution in [3.63, 3.8) is 0 Å². The maximum absolute atomic E-state index is 9.45. The van der Waals surface area contributed by atoms with E-state index in [4.69, 9.17) is 10.1 Å². The molecule has 0 bridgehead atoms. The predicted octanol–water partition coefficient (Wildman–Crippen LogP) is 0.523. The molecule has 1 fully saturated rings. The van der Waals surface area contributed by atoms with Crippen molar-refractivity contribution in [2.75, 3.05) is 24.6 Å². The first-order valence-corrected chi connectivity index (χ1v) is 5.83. The molecule has 94 valence electrons. The van der Waals surface area contributed by atoms with Crippen molar-refractivity contribution < 1.29 is 9.94 Å². The first-order valence-electron chi connectivity index (χ1n) is 5.83. The summed E-state index contributed by atoms with van der Waals surface area (Å²) in [5, 5.41) is 17.0. The van der Waals surface area contributed by atoms with Crippen LogP contribution in [0.2, 0.25) is 0 Å². The first kappa shape index (κ1) is 11.9. The smallest absolute Gasteiger partial charge is 0.257 e. The van der Waals surface area contributed by atoms with Crippen LogP contribution in [-0.4, -0.2) is 40.7 Å². The summed E-state index contributed by atoms with van der Waals surface area (Å²) in [6.07, 6.45) is 1.19. The van der Waals surface area contributed by atoms with E-state index in [2.05, 4.69) is 16.8 Å². The topological polar surface area (TPSA) is 74.4 Å². The predicted molar refractivity (Wildman–Crippen MR) is 62.2 cm³/mol. The molecule has 1 unspecified atom stereocenters. The third kappa shape index (κ3) is 2.41. The van der Waals surface area contributed by atoms with Gasteiger partial charge >= 0.3 is 0 Å². The van der Waals surface area contributed by atoms with Gasteiger partial charge in [0.25, 0.3) is 5.62 Å². The van der Waals surface area contributed by atoms with Gasteiger partial charge in [-0.1, -0.05) is 6.92 Å². The molecule has 0 spiro atoms. The van der Waals surface area contributed by atoms with Crippen LogP contribution in [0.3, 0.4) is 0 Å². The maximum atomic E-state index is 9.45. The van der Waals surface area contributed by atoms with Crippen LogP contribution in [-0.2, 0) is 4.74 Å². The van der Waals surface area contributed by atoms with Crippen LogP contribution in [0.4, 0.5) is 5.82 Å². The van der Waals surface area contributed by atoms with Gasteiger partial charge in [-0.25, -0.2) is 0 Å². The lowest BCUT2D eigenvalue weighted by Gasteiger charge is -2.33. The van der Waals surface area contributed by atoms with E-state index in [1.54, 1.807) is 13.0 Å². The van der Waals surface area contributed by atoms with Crippen LogP contribution < -0.4 is 10.5 Å². The highest BCUT2D eigenvalue weighted by Gasteiger charge is 2.20. The van der Waals surface area contributed by atoms with E-state index >= 15 is 0 Å². The lowest BCUT2D eigenvalue weighted by molar-refractivity contribution is 0.0380. The molecule has 1 aromatic heterocycles. The highest BCUT2D eigenvalue weighted by Crippen LogP contribution is 2.15. The summed E-state index contributed by atoms with van der Waals surface area (Å²) in [5.41, 5.74) is 0.471. The summed E-state index contributed by atoms with van der Waals surface area (Å²) < 4.78 is 6.37. The molecule has 0 aromatic carbocycles. The van der Waals surface area contributed by atoms with Gasteiger partial charge in [0.05, 0.1) is 18.4 Å². The molecule has 1 saturated heterocycles. The van der Waals surface area contributed by atoms with E-state index in [0.29, 0.717) is 12.3 Å². The number of hydrogen-bond acceptors (Lipinski definition) is 5. The Morgan fingerprint density at radius 3 is 3.06 bits per heavy atom. The summed E-state index contributed by atoms with van der Waals surface area (Å²) >= 11 is 0. The summed E-state index contributed by atoms with van der Waals surface area (Å²) in [7, 11) is 0. The van der Waals surface area contributed by atoms with Crippen molar-refractivity contribution in [3.05, 3.63) is 17.4 Å². The molecule has 0 saturated carbocycles. The summed E-state index contributed by atoms with van der Waals surface area (Å²) in [5.74, 6) is 0.736. The average Bonchev–Trinajstić information content (AvgIpc) is 2.35. The Hall–Kier alpha value is -1.56. The fraction of sp³-hybridized carbons (Fsp3) is 0.636. The Kier molecular flexibility index (Phi) is 3.33. The fourth-order valence-electron chi connectivity index (χ4n) is 1.94. The third-order valence-electron chi connectivity index (χ3n) is 3.01. The van der Waals surface area contributed by atoms with Crippen molar-refractivity contribution in [2.24, 2.45) is 0 Å².